The first kappa shape index (κ1) is 71.7. The van der Waals surface area contributed by atoms with Gasteiger partial charge in [-0.2, -0.15) is 4.98 Å². The maximum absolute atomic E-state index is 12.3. The van der Waals surface area contributed by atoms with E-state index in [1.807, 2.05) is 142 Å². The minimum absolute atomic E-state index is 0.00695. The van der Waals surface area contributed by atoms with Gasteiger partial charge in [-0.3, -0.25) is 29.7 Å². The smallest absolute Gasteiger partial charge is 0.335 e. The molecule has 0 fully saturated rings. The molecule has 0 aliphatic carbocycles. The van der Waals surface area contributed by atoms with Crippen molar-refractivity contribution in [1.29, 1.82) is 0 Å². The summed E-state index contributed by atoms with van der Waals surface area (Å²) in [7, 11) is 0. The number of amides is 1. The number of nitrogens with one attached hydrogen (secondary N) is 4. The van der Waals surface area contributed by atoms with Gasteiger partial charge in [0.2, 0.25) is 15.8 Å². The SMILES string of the molecule is CCOc1ccc(-c2nc(=S)[nH][nH]2)cc1.CCOc1ccc(-c2nc(SCC(=O)Cc3cc(C)cc(C)c3)n[nH]2)cc1.CCOc1ccc(C(=O)Cl)cc1.CCOc1ccc(C(=O)O)cc1.Cc1cc(C)cc(N)c1.Cc1cc(C)cc(NC(=O)CCl)c1. The van der Waals surface area contributed by atoms with E-state index in [9.17, 15) is 19.2 Å². The number of H-pyrrole nitrogens is 3. The number of anilines is 2. The van der Waals surface area contributed by atoms with Gasteiger partial charge in [-0.1, -0.05) is 53.2 Å². The summed E-state index contributed by atoms with van der Waals surface area (Å²) in [6, 6.07) is 46.6. The molecule has 0 aliphatic rings. The van der Waals surface area contributed by atoms with Crippen LogP contribution in [0.5, 0.6) is 23.0 Å². The van der Waals surface area contributed by atoms with Gasteiger partial charge in [-0.25, -0.2) is 9.78 Å². The fourth-order valence-corrected chi connectivity index (χ4v) is 9.15. The fourth-order valence-electron chi connectivity index (χ4n) is 8.15. The number of aryl methyl sites for hydroxylation is 6. The van der Waals surface area contributed by atoms with Crippen molar-refractivity contribution in [2.24, 2.45) is 0 Å². The topological polar surface area (TPSA) is 250 Å². The lowest BCUT2D eigenvalue weighted by molar-refractivity contribution is -0.116. The Kier molecular flexibility index (Phi) is 31.3. The third kappa shape index (κ3) is 27.3. The lowest BCUT2D eigenvalue weighted by atomic mass is 10.0. The molecular weight excluding hydrogens is 1200 g/mol. The number of nitrogens with two attached hydrogens (primary N) is 1. The first-order valence-corrected chi connectivity index (χ1v) is 30.3. The van der Waals surface area contributed by atoms with E-state index in [4.69, 9.17) is 65.2 Å². The van der Waals surface area contributed by atoms with Crippen LogP contribution in [0.4, 0.5) is 11.4 Å². The highest BCUT2D eigenvalue weighted by Gasteiger charge is 2.11. The Bertz CT molecular complexity index is 3520. The highest BCUT2D eigenvalue weighted by atomic mass is 35.5. The van der Waals surface area contributed by atoms with Crippen molar-refractivity contribution >= 4 is 81.5 Å². The molecule has 2 heterocycles. The number of aromatic amines is 3. The van der Waals surface area contributed by atoms with Gasteiger partial charge < -0.3 is 35.1 Å². The van der Waals surface area contributed by atoms with Gasteiger partial charge in [0.1, 0.15) is 34.7 Å². The zero-order valence-corrected chi connectivity index (χ0v) is 54.2. The number of rotatable bonds is 19. The number of carboxylic acids is 1. The maximum atomic E-state index is 12.3. The minimum Gasteiger partial charge on any atom is -0.494 e. The number of ketones is 1. The van der Waals surface area contributed by atoms with Gasteiger partial charge in [0, 0.05) is 34.5 Å². The van der Waals surface area contributed by atoms with E-state index in [-0.39, 0.29) is 23.1 Å². The molecule has 7 N–H and O–H groups in total. The molecule has 0 saturated heterocycles. The highest BCUT2D eigenvalue weighted by molar-refractivity contribution is 7.99. The Morgan fingerprint density at radius 3 is 1.36 bits per heavy atom. The van der Waals surface area contributed by atoms with Gasteiger partial charge in [-0.15, -0.1) is 16.7 Å². The average Bonchev–Trinajstić information content (AvgIpc) is 4.29. The molecule has 21 heteroatoms. The number of carboxylic acid groups (broad SMARTS) is 1. The van der Waals surface area contributed by atoms with Gasteiger partial charge >= 0.3 is 5.97 Å². The van der Waals surface area contributed by atoms with Crippen LogP contribution in [0.1, 0.15) is 87.4 Å². The number of carbonyl (C=O) groups is 4. The predicted octanol–water partition coefficient (Wildman–Crippen LogP) is 15.5. The molecule has 0 atom stereocenters. The van der Waals surface area contributed by atoms with E-state index >= 15 is 0 Å². The van der Waals surface area contributed by atoms with E-state index in [1.54, 1.807) is 36.4 Å². The van der Waals surface area contributed by atoms with Crippen LogP contribution in [0.3, 0.4) is 0 Å². The number of hydrogen-bond acceptors (Lipinski definition) is 14. The molecular formula is C67H76Cl2N8O9S2. The van der Waals surface area contributed by atoms with E-state index < -0.39 is 11.2 Å². The van der Waals surface area contributed by atoms with Crippen molar-refractivity contribution in [1.82, 2.24) is 30.4 Å². The summed E-state index contributed by atoms with van der Waals surface area (Å²) >= 11 is 16.9. The average molecular weight is 1270 g/mol. The number of benzene rings is 7. The molecule has 1 amide bonds. The van der Waals surface area contributed by atoms with Crippen LogP contribution in [-0.2, 0) is 16.0 Å². The summed E-state index contributed by atoms with van der Waals surface area (Å²) in [6.45, 7) is 22.4. The summed E-state index contributed by atoms with van der Waals surface area (Å²) in [4.78, 5) is 52.9. The number of alkyl halides is 1. The second-order valence-electron chi connectivity index (χ2n) is 19.4. The van der Waals surface area contributed by atoms with Crippen LogP contribution in [0.25, 0.3) is 22.8 Å². The van der Waals surface area contributed by atoms with Crippen LogP contribution in [0.2, 0.25) is 0 Å². The molecule has 0 radical (unpaired) electrons. The van der Waals surface area contributed by atoms with E-state index in [0.717, 1.165) is 62.3 Å². The van der Waals surface area contributed by atoms with Crippen LogP contribution < -0.4 is 30.0 Å². The molecule has 17 nitrogen and oxygen atoms in total. The quantitative estimate of drug-likeness (QED) is 0.0145. The first-order valence-electron chi connectivity index (χ1n) is 28.0. The van der Waals surface area contributed by atoms with E-state index in [0.29, 0.717) is 65.7 Å². The molecule has 88 heavy (non-hydrogen) atoms. The molecule has 7 aromatic carbocycles. The van der Waals surface area contributed by atoms with Crippen LogP contribution in [-0.4, -0.2) is 96.4 Å². The zero-order chi connectivity index (χ0) is 64.5. The number of hydrogen-bond donors (Lipinski definition) is 6. The fraction of sp³-hybridized carbons (Fsp3) is 0.254. The standard InChI is InChI=1S/C21H23N3O2S.C10H12ClNO.C10H11N3OS.C9H9ClO2.C9H10O3.C8H11N/c1-4-26-19-7-5-17(6-8-19)20-22-21(24-23-20)27-13-18(25)12-16-10-14(2)9-15(3)11-16;1-7-3-8(2)5-9(4-7)12-10(13)6-11;1-2-14-8-5-3-7(4-6-8)9-11-10(15)13-12-9;2*1-2-12-8-5-3-7(4-6-8)9(10)11;1-6-3-7(2)5-8(9)4-6/h5-11H,4,12-13H2,1-3H3,(H,22,23,24);3-5H,6H2,1-2H3,(H,12,13);3-6H,2H2,1H3,(H2,11,12,13,15);3-6H,2H2,1H3;3-6H,2H2,1H3,(H,10,11);3-5H,9H2,1-2H3. The first-order chi connectivity index (χ1) is 42.1. The zero-order valence-electron chi connectivity index (χ0n) is 51.1. The van der Waals surface area contributed by atoms with Gasteiger partial charge in [0.25, 0.3) is 5.24 Å². The third-order valence-corrected chi connectivity index (χ3v) is 13.1. The summed E-state index contributed by atoms with van der Waals surface area (Å²) < 4.78 is 21.6. The number of Topliss-reactive ketones (excluding diaryl/α,β-unsaturated/α-hetero) is 1. The van der Waals surface area contributed by atoms with Crippen LogP contribution in [0, 0.1) is 46.3 Å². The molecule has 9 aromatic rings. The van der Waals surface area contributed by atoms with Gasteiger partial charge in [0.05, 0.1) is 37.7 Å². The number of carbonyl (C=O) groups excluding carboxylic acids is 3. The van der Waals surface area contributed by atoms with Crippen molar-refractivity contribution in [2.75, 3.05) is 49.1 Å². The summed E-state index contributed by atoms with van der Waals surface area (Å²) in [5.41, 5.74) is 18.0. The predicted molar refractivity (Wildman–Crippen MR) is 357 cm³/mol. The molecule has 0 spiro atoms. The number of nitrogens with zero attached hydrogens (tertiary/aromatic N) is 3. The summed E-state index contributed by atoms with van der Waals surface area (Å²) in [6.07, 6.45) is 0.436. The van der Waals surface area contributed by atoms with E-state index in [1.165, 1.54) is 46.1 Å². The Balaban J connectivity index is 0.000000236. The number of aromatic nitrogens is 6. The van der Waals surface area contributed by atoms with Crippen molar-refractivity contribution in [3.8, 4) is 45.8 Å². The third-order valence-electron chi connectivity index (χ3n) is 11.6. The molecule has 2 aromatic heterocycles. The second-order valence-corrected chi connectivity index (χ2v) is 21.3. The van der Waals surface area contributed by atoms with Gasteiger partial charge in [-0.05, 0) is 242 Å². The number of thioether (sulfide) groups is 1. The highest BCUT2D eigenvalue weighted by Crippen LogP contribution is 2.24. The normalized spacial score (nSPS) is 10.0. The minimum atomic E-state index is -0.918. The summed E-state index contributed by atoms with van der Waals surface area (Å²) in [5, 5.41) is 24.2. The number of ether oxygens (including phenoxy) is 4. The van der Waals surface area contributed by atoms with E-state index in [2.05, 4.69) is 66.0 Å². The number of halogens is 2. The second kappa shape index (κ2) is 38.4. The molecule has 0 saturated carbocycles. The van der Waals surface area contributed by atoms with Gasteiger partial charge in [0.15, 0.2) is 11.6 Å². The largest absolute Gasteiger partial charge is 0.494 e. The Hall–Kier alpha value is -8.75. The van der Waals surface area contributed by atoms with Crippen molar-refractivity contribution in [3.63, 3.8) is 0 Å². The Morgan fingerprint density at radius 2 is 0.977 bits per heavy atom. The summed E-state index contributed by atoms with van der Waals surface area (Å²) in [5.74, 6) is 3.97. The molecule has 464 valence electrons. The molecule has 0 aliphatic heterocycles. The Labute approximate surface area is 534 Å². The number of aromatic carboxylic acids is 1. The molecule has 0 unspecified atom stereocenters. The van der Waals surface area contributed by atoms with Crippen LogP contribution >= 0.6 is 47.2 Å². The Morgan fingerprint density at radius 1 is 0.568 bits per heavy atom. The van der Waals surface area contributed by atoms with Crippen molar-refractivity contribution in [3.05, 3.63) is 207 Å². The lowest BCUT2D eigenvalue weighted by Gasteiger charge is -2.05. The van der Waals surface area contributed by atoms with Crippen molar-refractivity contribution < 1.29 is 43.2 Å². The van der Waals surface area contributed by atoms with Crippen LogP contribution in [0.15, 0.2) is 157 Å². The number of nitrogen functional groups attached to an aromatic ring is 1. The lowest BCUT2D eigenvalue weighted by Crippen LogP contribution is -2.12. The maximum Gasteiger partial charge on any atom is 0.335 e. The monoisotopic (exact) mass is 1270 g/mol. The van der Waals surface area contributed by atoms with Crippen molar-refractivity contribution in [2.45, 2.75) is 80.8 Å². The molecule has 0 bridgehead atoms. The molecule has 9 rings (SSSR count).